The highest BCUT2D eigenvalue weighted by atomic mass is 16.1. The molecule has 0 aliphatic heterocycles. The third kappa shape index (κ3) is 2.34. The Morgan fingerprint density at radius 3 is 2.35 bits per heavy atom. The van der Waals surface area contributed by atoms with Crippen molar-refractivity contribution in [1.29, 1.82) is 5.26 Å². The van der Waals surface area contributed by atoms with Gasteiger partial charge in [-0.3, -0.25) is 4.79 Å². The zero-order valence-corrected chi connectivity index (χ0v) is 8.95. The normalized spacial score (nSPS) is 11.5. The number of rotatable bonds is 3. The van der Waals surface area contributed by atoms with Crippen molar-refractivity contribution in [2.24, 2.45) is 0 Å². The number of hydrogen-bond acceptors (Lipinski definition) is 4. The lowest BCUT2D eigenvalue weighted by molar-refractivity contribution is 0.0968. The SMILES string of the molecule is N#CC(C(=O)c1ncccn1)c1ccccc1. The summed E-state index contributed by atoms with van der Waals surface area (Å²) in [5.41, 5.74) is 0.660. The number of nitrogens with zero attached hydrogens (tertiary/aromatic N) is 3. The van der Waals surface area contributed by atoms with Crippen molar-refractivity contribution in [2.45, 2.75) is 5.92 Å². The second-order valence-electron chi connectivity index (χ2n) is 3.41. The van der Waals surface area contributed by atoms with Crippen LogP contribution in [0.2, 0.25) is 0 Å². The van der Waals surface area contributed by atoms with E-state index >= 15 is 0 Å². The second-order valence-corrected chi connectivity index (χ2v) is 3.41. The van der Waals surface area contributed by atoms with Crippen LogP contribution in [-0.2, 0) is 0 Å². The van der Waals surface area contributed by atoms with Crippen molar-refractivity contribution in [1.82, 2.24) is 9.97 Å². The zero-order chi connectivity index (χ0) is 12.1. The topological polar surface area (TPSA) is 66.6 Å². The minimum absolute atomic E-state index is 0.0721. The Bertz CT molecular complexity index is 546. The van der Waals surface area contributed by atoms with E-state index < -0.39 is 5.92 Å². The van der Waals surface area contributed by atoms with E-state index in [4.69, 9.17) is 5.26 Å². The van der Waals surface area contributed by atoms with Gasteiger partial charge in [0.05, 0.1) is 6.07 Å². The first kappa shape index (κ1) is 11.0. The largest absolute Gasteiger partial charge is 0.289 e. The number of nitriles is 1. The maximum atomic E-state index is 12.0. The van der Waals surface area contributed by atoms with Crippen molar-refractivity contribution in [3.05, 3.63) is 60.2 Å². The summed E-state index contributed by atoms with van der Waals surface area (Å²) in [6.07, 6.45) is 2.97. The molecule has 0 bridgehead atoms. The third-order valence-corrected chi connectivity index (χ3v) is 2.31. The molecule has 1 unspecified atom stereocenters. The summed E-state index contributed by atoms with van der Waals surface area (Å²) in [5.74, 6) is -1.15. The molecule has 0 N–H and O–H groups in total. The fourth-order valence-electron chi connectivity index (χ4n) is 1.49. The first-order valence-corrected chi connectivity index (χ1v) is 5.08. The molecule has 0 aliphatic carbocycles. The highest BCUT2D eigenvalue weighted by molar-refractivity contribution is 5.99. The van der Waals surface area contributed by atoms with Gasteiger partial charge in [0.2, 0.25) is 5.78 Å². The van der Waals surface area contributed by atoms with E-state index in [0.717, 1.165) is 0 Å². The van der Waals surface area contributed by atoms with Crippen LogP contribution in [0, 0.1) is 11.3 Å². The van der Waals surface area contributed by atoms with E-state index in [1.807, 2.05) is 12.1 Å². The van der Waals surface area contributed by atoms with Crippen LogP contribution in [0.3, 0.4) is 0 Å². The zero-order valence-electron chi connectivity index (χ0n) is 8.95. The molecule has 4 heteroatoms. The van der Waals surface area contributed by atoms with Crippen LogP contribution < -0.4 is 0 Å². The molecule has 1 aromatic heterocycles. The number of aromatic nitrogens is 2. The first-order chi connectivity index (χ1) is 8.33. The highest BCUT2D eigenvalue weighted by Crippen LogP contribution is 2.18. The Morgan fingerprint density at radius 1 is 1.12 bits per heavy atom. The van der Waals surface area contributed by atoms with E-state index in [9.17, 15) is 4.79 Å². The lowest BCUT2D eigenvalue weighted by atomic mass is 9.96. The fourth-order valence-corrected chi connectivity index (χ4v) is 1.49. The fraction of sp³-hybridized carbons (Fsp3) is 0.0769. The Kier molecular flexibility index (Phi) is 3.22. The Balaban J connectivity index is 2.33. The Hall–Kier alpha value is -2.54. The number of carbonyl (C=O) groups is 1. The van der Waals surface area contributed by atoms with Crippen molar-refractivity contribution >= 4 is 5.78 Å². The molecule has 4 nitrogen and oxygen atoms in total. The van der Waals surface area contributed by atoms with Gasteiger partial charge in [-0.25, -0.2) is 9.97 Å². The molecule has 0 fully saturated rings. The maximum absolute atomic E-state index is 12.0. The molecule has 2 aromatic rings. The summed E-state index contributed by atoms with van der Waals surface area (Å²) in [6.45, 7) is 0. The summed E-state index contributed by atoms with van der Waals surface area (Å²) in [6, 6.07) is 12.5. The van der Waals surface area contributed by atoms with Crippen molar-refractivity contribution in [3.63, 3.8) is 0 Å². The van der Waals surface area contributed by atoms with Crippen LogP contribution in [0.15, 0.2) is 48.8 Å². The van der Waals surface area contributed by atoms with Crippen LogP contribution in [0.5, 0.6) is 0 Å². The van der Waals surface area contributed by atoms with Gasteiger partial charge in [0.1, 0.15) is 5.92 Å². The quantitative estimate of drug-likeness (QED) is 0.746. The molecule has 1 atom stereocenters. The van der Waals surface area contributed by atoms with Gasteiger partial charge < -0.3 is 0 Å². The van der Waals surface area contributed by atoms with Gasteiger partial charge in [0.15, 0.2) is 5.82 Å². The number of ketones is 1. The van der Waals surface area contributed by atoms with Gasteiger partial charge in [-0.05, 0) is 11.6 Å². The number of carbonyl (C=O) groups excluding carboxylic acids is 1. The van der Waals surface area contributed by atoms with Crippen LogP contribution in [0.1, 0.15) is 22.1 Å². The predicted molar refractivity (Wildman–Crippen MR) is 61.2 cm³/mol. The van der Waals surface area contributed by atoms with Gasteiger partial charge in [-0.2, -0.15) is 5.26 Å². The molecule has 0 amide bonds. The average molecular weight is 223 g/mol. The van der Waals surface area contributed by atoms with E-state index in [2.05, 4.69) is 9.97 Å². The summed E-state index contributed by atoms with van der Waals surface area (Å²) in [5, 5.41) is 9.08. The van der Waals surface area contributed by atoms with E-state index in [-0.39, 0.29) is 11.6 Å². The van der Waals surface area contributed by atoms with Gasteiger partial charge in [-0.15, -0.1) is 0 Å². The standard InChI is InChI=1S/C13H9N3O/c14-9-11(10-5-2-1-3-6-10)12(17)13-15-7-4-8-16-13/h1-8,11H. The maximum Gasteiger partial charge on any atom is 0.221 e. The van der Waals surface area contributed by atoms with Crippen molar-refractivity contribution in [2.75, 3.05) is 0 Å². The Labute approximate surface area is 98.6 Å². The second kappa shape index (κ2) is 4.99. The molecular formula is C13H9N3O. The lowest BCUT2D eigenvalue weighted by Gasteiger charge is -2.06. The highest BCUT2D eigenvalue weighted by Gasteiger charge is 2.23. The monoisotopic (exact) mass is 223 g/mol. The summed E-state index contributed by atoms with van der Waals surface area (Å²) >= 11 is 0. The minimum atomic E-state index is -0.849. The molecule has 1 aromatic carbocycles. The van der Waals surface area contributed by atoms with E-state index in [1.165, 1.54) is 12.4 Å². The van der Waals surface area contributed by atoms with Crippen LogP contribution in [0.4, 0.5) is 0 Å². The van der Waals surface area contributed by atoms with Gasteiger partial charge in [-0.1, -0.05) is 30.3 Å². The smallest absolute Gasteiger partial charge is 0.221 e. The van der Waals surface area contributed by atoms with E-state index in [1.54, 1.807) is 30.3 Å². The molecule has 82 valence electrons. The van der Waals surface area contributed by atoms with Gasteiger partial charge in [0.25, 0.3) is 0 Å². The summed E-state index contributed by atoms with van der Waals surface area (Å²) in [4.78, 5) is 19.8. The molecule has 17 heavy (non-hydrogen) atoms. The lowest BCUT2D eigenvalue weighted by Crippen LogP contribution is -2.14. The van der Waals surface area contributed by atoms with E-state index in [0.29, 0.717) is 5.56 Å². The minimum Gasteiger partial charge on any atom is -0.289 e. The molecule has 0 saturated heterocycles. The van der Waals surface area contributed by atoms with Crippen LogP contribution in [-0.4, -0.2) is 15.8 Å². The Morgan fingerprint density at radius 2 is 1.76 bits per heavy atom. The number of benzene rings is 1. The molecule has 2 rings (SSSR count). The average Bonchev–Trinajstić information content (AvgIpc) is 2.42. The number of hydrogen-bond donors (Lipinski definition) is 0. The molecule has 1 heterocycles. The van der Waals surface area contributed by atoms with Gasteiger partial charge in [0, 0.05) is 12.4 Å². The molecular weight excluding hydrogens is 214 g/mol. The molecule has 0 saturated carbocycles. The van der Waals surface area contributed by atoms with Crippen molar-refractivity contribution < 1.29 is 4.79 Å². The van der Waals surface area contributed by atoms with Gasteiger partial charge >= 0.3 is 0 Å². The number of Topliss-reactive ketones (excluding diaryl/α,β-unsaturated/α-hetero) is 1. The molecule has 0 aliphatic rings. The predicted octanol–water partition coefficient (Wildman–Crippen LogP) is 1.97. The van der Waals surface area contributed by atoms with Crippen LogP contribution in [0.25, 0.3) is 0 Å². The summed E-state index contributed by atoms with van der Waals surface area (Å²) in [7, 11) is 0. The first-order valence-electron chi connectivity index (χ1n) is 5.08. The van der Waals surface area contributed by atoms with Crippen molar-refractivity contribution in [3.8, 4) is 6.07 Å². The third-order valence-electron chi connectivity index (χ3n) is 2.31. The summed E-state index contributed by atoms with van der Waals surface area (Å²) < 4.78 is 0. The molecule has 0 radical (unpaired) electrons. The van der Waals surface area contributed by atoms with Crippen LogP contribution >= 0.6 is 0 Å². The molecule has 0 spiro atoms.